The van der Waals surface area contributed by atoms with Crippen molar-refractivity contribution in [1.29, 1.82) is 0 Å². The fraction of sp³-hybridized carbons (Fsp3) is 0.476. The van der Waals surface area contributed by atoms with Crippen LogP contribution in [0.5, 0.6) is 5.75 Å². The lowest BCUT2D eigenvalue weighted by Crippen LogP contribution is -2.26. The zero-order valence-electron chi connectivity index (χ0n) is 15.4. The van der Waals surface area contributed by atoms with Gasteiger partial charge in [0.05, 0.1) is 6.26 Å². The van der Waals surface area contributed by atoms with Crippen LogP contribution in [0.4, 0.5) is 5.69 Å². The van der Waals surface area contributed by atoms with Crippen LogP contribution in [-0.4, -0.2) is 44.1 Å². The zero-order valence-corrected chi connectivity index (χ0v) is 15.4. The van der Waals surface area contributed by atoms with E-state index in [1.54, 1.807) is 18.2 Å². The Morgan fingerprint density at radius 2 is 1.92 bits per heavy atom. The number of hydrogen-bond donors (Lipinski definition) is 0. The maximum atomic E-state index is 12.8. The second-order valence-corrected chi connectivity index (χ2v) is 7.18. The molecule has 1 aliphatic heterocycles. The van der Waals surface area contributed by atoms with Gasteiger partial charge < -0.3 is 14.1 Å². The number of rotatable bonds is 6. The number of likely N-dealkylation sites (tertiary alicyclic amines) is 1. The lowest BCUT2D eigenvalue weighted by Gasteiger charge is -2.18. The summed E-state index contributed by atoms with van der Waals surface area (Å²) >= 11 is 0. The van der Waals surface area contributed by atoms with Crippen LogP contribution in [0.1, 0.15) is 40.9 Å². The third-order valence-electron chi connectivity index (χ3n) is 5.45. The van der Waals surface area contributed by atoms with E-state index in [9.17, 15) is 4.79 Å². The van der Waals surface area contributed by atoms with E-state index in [1.807, 2.05) is 24.3 Å². The van der Waals surface area contributed by atoms with Gasteiger partial charge in [0.25, 0.3) is 5.91 Å². The van der Waals surface area contributed by atoms with Crippen molar-refractivity contribution in [3.63, 3.8) is 0 Å². The number of hydrogen-bond acceptors (Lipinski definition) is 4. The molecule has 0 bridgehead atoms. The monoisotopic (exact) mass is 354 g/mol. The van der Waals surface area contributed by atoms with Gasteiger partial charge in [-0.1, -0.05) is 0 Å². The summed E-state index contributed by atoms with van der Waals surface area (Å²) in [6, 6.07) is 7.70. The van der Waals surface area contributed by atoms with Crippen molar-refractivity contribution in [2.24, 2.45) is 0 Å². The number of nitrogens with zero attached hydrogens (tertiary/aromatic N) is 2. The highest BCUT2D eigenvalue weighted by Crippen LogP contribution is 2.29. The Labute approximate surface area is 154 Å². The molecular formula is C21H26N2O3. The maximum Gasteiger partial charge on any atom is 0.293 e. The molecule has 4 rings (SSSR count). The van der Waals surface area contributed by atoms with Gasteiger partial charge in [-0.3, -0.25) is 9.69 Å². The van der Waals surface area contributed by atoms with E-state index in [-0.39, 0.29) is 5.91 Å². The molecule has 1 aromatic carbocycles. The summed E-state index contributed by atoms with van der Waals surface area (Å²) in [6.45, 7) is 4.05. The highest BCUT2D eigenvalue weighted by molar-refractivity contribution is 6.05. The molecule has 1 fully saturated rings. The van der Waals surface area contributed by atoms with Crippen molar-refractivity contribution < 1.29 is 13.9 Å². The van der Waals surface area contributed by atoms with Crippen LogP contribution in [0.15, 0.2) is 34.9 Å². The van der Waals surface area contributed by atoms with Gasteiger partial charge in [-0.25, -0.2) is 0 Å². The molecule has 0 atom stereocenters. The number of anilines is 1. The standard InChI is InChI=1S/C21H26N2O3/c1-22(21(24)20-19-6-4-5-16(19)15-26-20)17-7-9-18(10-8-17)25-14-13-23-11-2-3-12-23/h7-10,15H,2-6,11-14H2,1H3. The Morgan fingerprint density at radius 3 is 2.69 bits per heavy atom. The molecule has 0 spiro atoms. The van der Waals surface area contributed by atoms with Crippen LogP contribution in [0, 0.1) is 0 Å². The predicted octanol–water partition coefficient (Wildman–Crippen LogP) is 3.52. The smallest absolute Gasteiger partial charge is 0.293 e. The Bertz CT molecular complexity index is 760. The third-order valence-corrected chi connectivity index (χ3v) is 5.45. The minimum absolute atomic E-state index is 0.0872. The largest absolute Gasteiger partial charge is 0.492 e. The predicted molar refractivity (Wildman–Crippen MR) is 101 cm³/mol. The third kappa shape index (κ3) is 3.49. The molecule has 26 heavy (non-hydrogen) atoms. The van der Waals surface area contributed by atoms with Crippen molar-refractivity contribution in [3.8, 4) is 5.75 Å². The first-order valence-electron chi connectivity index (χ1n) is 9.55. The number of furan rings is 1. The Morgan fingerprint density at radius 1 is 1.15 bits per heavy atom. The molecule has 5 heteroatoms. The number of amides is 1. The average molecular weight is 354 g/mol. The first-order chi connectivity index (χ1) is 12.7. The van der Waals surface area contributed by atoms with Crippen molar-refractivity contribution in [2.75, 3.05) is 38.2 Å². The van der Waals surface area contributed by atoms with Crippen LogP contribution >= 0.6 is 0 Å². The van der Waals surface area contributed by atoms with E-state index in [1.165, 1.54) is 31.5 Å². The number of carbonyl (C=O) groups is 1. The van der Waals surface area contributed by atoms with Crippen LogP contribution in [0.3, 0.4) is 0 Å². The molecule has 0 unspecified atom stereocenters. The van der Waals surface area contributed by atoms with Crippen molar-refractivity contribution >= 4 is 11.6 Å². The van der Waals surface area contributed by atoms with Crippen LogP contribution in [0.25, 0.3) is 0 Å². The van der Waals surface area contributed by atoms with Gasteiger partial charge in [0.15, 0.2) is 5.76 Å². The van der Waals surface area contributed by atoms with E-state index in [2.05, 4.69) is 4.90 Å². The summed E-state index contributed by atoms with van der Waals surface area (Å²) < 4.78 is 11.4. The lowest BCUT2D eigenvalue weighted by molar-refractivity contribution is 0.0965. The lowest BCUT2D eigenvalue weighted by atomic mass is 10.1. The molecule has 1 amide bonds. The molecule has 5 nitrogen and oxygen atoms in total. The highest BCUT2D eigenvalue weighted by atomic mass is 16.5. The van der Waals surface area contributed by atoms with Crippen molar-refractivity contribution in [3.05, 3.63) is 47.4 Å². The first kappa shape index (κ1) is 17.2. The topological polar surface area (TPSA) is 45.9 Å². The van der Waals surface area contributed by atoms with Gasteiger partial charge >= 0.3 is 0 Å². The van der Waals surface area contributed by atoms with E-state index in [0.717, 1.165) is 42.8 Å². The number of ether oxygens (including phenoxy) is 1. The summed E-state index contributed by atoms with van der Waals surface area (Å²) in [6.07, 6.45) is 7.39. The second-order valence-electron chi connectivity index (χ2n) is 7.18. The molecule has 1 aromatic heterocycles. The van der Waals surface area contributed by atoms with Gasteiger partial charge in [0, 0.05) is 24.8 Å². The molecule has 2 heterocycles. The zero-order chi connectivity index (χ0) is 17.9. The summed E-state index contributed by atoms with van der Waals surface area (Å²) in [5.74, 6) is 1.24. The summed E-state index contributed by atoms with van der Waals surface area (Å²) in [4.78, 5) is 16.8. The van der Waals surface area contributed by atoms with E-state index in [0.29, 0.717) is 12.4 Å². The number of aryl methyl sites for hydroxylation is 1. The van der Waals surface area contributed by atoms with Crippen LogP contribution < -0.4 is 9.64 Å². The van der Waals surface area contributed by atoms with E-state index in [4.69, 9.17) is 9.15 Å². The quantitative estimate of drug-likeness (QED) is 0.796. The molecule has 138 valence electrons. The molecule has 1 aliphatic carbocycles. The minimum atomic E-state index is -0.0872. The van der Waals surface area contributed by atoms with Gasteiger partial charge in [0.1, 0.15) is 12.4 Å². The van der Waals surface area contributed by atoms with Crippen molar-refractivity contribution in [2.45, 2.75) is 32.1 Å². The average Bonchev–Trinajstić information content (AvgIpc) is 3.39. The van der Waals surface area contributed by atoms with E-state index >= 15 is 0 Å². The second kappa shape index (κ2) is 7.54. The van der Waals surface area contributed by atoms with Gasteiger partial charge in [0.2, 0.25) is 0 Å². The summed E-state index contributed by atoms with van der Waals surface area (Å²) in [5.41, 5.74) is 3.11. The molecule has 0 N–H and O–H groups in total. The molecule has 2 aromatic rings. The SMILES string of the molecule is CN(C(=O)c1occ2c1CCC2)c1ccc(OCCN2CCCC2)cc1. The van der Waals surface area contributed by atoms with Crippen LogP contribution in [0.2, 0.25) is 0 Å². The Hall–Kier alpha value is -2.27. The van der Waals surface area contributed by atoms with Gasteiger partial charge in [-0.05, 0) is 75.0 Å². The number of benzene rings is 1. The minimum Gasteiger partial charge on any atom is -0.492 e. The summed E-state index contributed by atoms with van der Waals surface area (Å²) in [5, 5.41) is 0. The van der Waals surface area contributed by atoms with Crippen molar-refractivity contribution in [1.82, 2.24) is 4.90 Å². The molecular weight excluding hydrogens is 328 g/mol. The highest BCUT2D eigenvalue weighted by Gasteiger charge is 2.26. The fourth-order valence-electron chi connectivity index (χ4n) is 3.87. The Balaban J connectivity index is 1.35. The molecule has 0 radical (unpaired) electrons. The molecule has 0 saturated carbocycles. The maximum absolute atomic E-state index is 12.8. The fourth-order valence-corrected chi connectivity index (χ4v) is 3.87. The Kier molecular flexibility index (Phi) is 4.98. The van der Waals surface area contributed by atoms with Gasteiger partial charge in [-0.15, -0.1) is 0 Å². The van der Waals surface area contributed by atoms with Gasteiger partial charge in [-0.2, -0.15) is 0 Å². The molecule has 2 aliphatic rings. The normalized spacial score (nSPS) is 16.7. The first-order valence-corrected chi connectivity index (χ1v) is 9.55. The number of fused-ring (bicyclic) bond motifs is 1. The van der Waals surface area contributed by atoms with Crippen LogP contribution in [-0.2, 0) is 12.8 Å². The number of carbonyl (C=O) groups excluding carboxylic acids is 1. The van der Waals surface area contributed by atoms with E-state index < -0.39 is 0 Å². The molecule has 1 saturated heterocycles. The summed E-state index contributed by atoms with van der Waals surface area (Å²) in [7, 11) is 1.79.